The van der Waals surface area contributed by atoms with Crippen LogP contribution < -0.4 is 4.90 Å². The summed E-state index contributed by atoms with van der Waals surface area (Å²) in [5.41, 5.74) is -0.997. The molecule has 4 nitrogen and oxygen atoms in total. The van der Waals surface area contributed by atoms with Crippen molar-refractivity contribution in [1.29, 1.82) is 0 Å². The Labute approximate surface area is 114 Å². The van der Waals surface area contributed by atoms with E-state index in [2.05, 4.69) is 4.98 Å². The lowest BCUT2D eigenvalue weighted by molar-refractivity contribution is -0.141. The number of alkyl halides is 3. The second-order valence-corrected chi connectivity index (χ2v) is 4.84. The average molecular weight is 288 g/mol. The number of carboxylic acids is 1. The molecule has 7 heteroatoms. The standard InChI is InChI=1S/C13H15F3N2O2/c14-13(15,16)10-6-3-7-11(17-10)18(8-12(19)20)9-4-1-2-5-9/h3,6-7,9H,1-2,4-5,8H2,(H,19,20). The van der Waals surface area contributed by atoms with Gasteiger partial charge in [0.2, 0.25) is 0 Å². The first-order valence-corrected chi connectivity index (χ1v) is 6.40. The Hall–Kier alpha value is -1.79. The van der Waals surface area contributed by atoms with Crippen molar-refractivity contribution in [1.82, 2.24) is 4.98 Å². The lowest BCUT2D eigenvalue weighted by atomic mass is 10.2. The lowest BCUT2D eigenvalue weighted by Crippen LogP contribution is -2.38. The van der Waals surface area contributed by atoms with Gasteiger partial charge >= 0.3 is 12.1 Å². The number of halogens is 3. The molecule has 0 amide bonds. The fourth-order valence-electron chi connectivity index (χ4n) is 2.50. The molecule has 1 fully saturated rings. The molecular formula is C13H15F3N2O2. The molecule has 0 aromatic carbocycles. The van der Waals surface area contributed by atoms with Crippen molar-refractivity contribution in [3.8, 4) is 0 Å². The van der Waals surface area contributed by atoms with E-state index >= 15 is 0 Å². The molecule has 1 aromatic heterocycles. The van der Waals surface area contributed by atoms with Gasteiger partial charge in [0.1, 0.15) is 18.1 Å². The third-order valence-corrected chi connectivity index (χ3v) is 3.39. The molecular weight excluding hydrogens is 273 g/mol. The topological polar surface area (TPSA) is 53.4 Å². The second kappa shape index (κ2) is 5.68. The van der Waals surface area contributed by atoms with E-state index in [1.54, 1.807) is 0 Å². The summed E-state index contributed by atoms with van der Waals surface area (Å²) in [4.78, 5) is 16.0. The maximum Gasteiger partial charge on any atom is 0.433 e. The molecule has 0 atom stereocenters. The highest BCUT2D eigenvalue weighted by Crippen LogP contribution is 2.31. The van der Waals surface area contributed by atoms with Crippen LogP contribution in [0.15, 0.2) is 18.2 Å². The zero-order valence-corrected chi connectivity index (χ0v) is 10.7. The summed E-state index contributed by atoms with van der Waals surface area (Å²) in [6.07, 6.45) is -1.05. The summed E-state index contributed by atoms with van der Waals surface area (Å²) in [5.74, 6) is -0.995. The zero-order chi connectivity index (χ0) is 14.8. The molecule has 1 aromatic rings. The molecule has 0 bridgehead atoms. The monoisotopic (exact) mass is 288 g/mol. The minimum absolute atomic E-state index is 0.0536. The number of hydrogen-bond donors (Lipinski definition) is 1. The number of carboxylic acid groups (broad SMARTS) is 1. The third kappa shape index (κ3) is 3.40. The first-order chi connectivity index (χ1) is 9.38. The normalized spacial score (nSPS) is 16.4. The maximum absolute atomic E-state index is 12.7. The fourth-order valence-corrected chi connectivity index (χ4v) is 2.50. The Bertz CT molecular complexity index is 485. The van der Waals surface area contributed by atoms with Crippen molar-refractivity contribution >= 4 is 11.8 Å². The van der Waals surface area contributed by atoms with Gasteiger partial charge in [-0.2, -0.15) is 13.2 Å². The number of pyridine rings is 1. The Balaban J connectivity index is 2.30. The first-order valence-electron chi connectivity index (χ1n) is 6.40. The molecule has 1 aliphatic carbocycles. The molecule has 2 rings (SSSR count). The summed E-state index contributed by atoms with van der Waals surface area (Å²) >= 11 is 0. The lowest BCUT2D eigenvalue weighted by Gasteiger charge is -2.28. The van der Waals surface area contributed by atoms with Crippen LogP contribution in [-0.2, 0) is 11.0 Å². The summed E-state index contributed by atoms with van der Waals surface area (Å²) in [7, 11) is 0. The molecule has 1 N–H and O–H groups in total. The van der Waals surface area contributed by atoms with Crippen molar-refractivity contribution in [3.05, 3.63) is 23.9 Å². The molecule has 0 saturated heterocycles. The van der Waals surface area contributed by atoms with Crippen LogP contribution in [0.5, 0.6) is 0 Å². The number of anilines is 1. The number of nitrogens with zero attached hydrogens (tertiary/aromatic N) is 2. The highest BCUT2D eigenvalue weighted by molar-refractivity contribution is 5.73. The Morgan fingerprint density at radius 3 is 2.55 bits per heavy atom. The molecule has 1 saturated carbocycles. The Morgan fingerprint density at radius 2 is 2.00 bits per heavy atom. The van der Waals surface area contributed by atoms with Gasteiger partial charge in [-0.05, 0) is 25.0 Å². The van der Waals surface area contributed by atoms with Gasteiger partial charge in [-0.3, -0.25) is 4.79 Å². The molecule has 20 heavy (non-hydrogen) atoms. The number of aromatic nitrogens is 1. The quantitative estimate of drug-likeness (QED) is 0.925. The maximum atomic E-state index is 12.7. The van der Waals surface area contributed by atoms with E-state index in [-0.39, 0.29) is 18.4 Å². The minimum Gasteiger partial charge on any atom is -0.480 e. The van der Waals surface area contributed by atoms with Gasteiger partial charge in [-0.15, -0.1) is 0 Å². The summed E-state index contributed by atoms with van der Waals surface area (Å²) in [5, 5.41) is 8.94. The smallest absolute Gasteiger partial charge is 0.433 e. The van der Waals surface area contributed by atoms with Crippen molar-refractivity contribution < 1.29 is 23.1 Å². The van der Waals surface area contributed by atoms with E-state index in [4.69, 9.17) is 5.11 Å². The van der Waals surface area contributed by atoms with Crippen molar-refractivity contribution in [2.45, 2.75) is 37.9 Å². The SMILES string of the molecule is O=C(O)CN(c1cccc(C(F)(F)F)n1)C1CCCC1. The summed E-state index contributed by atoms with van der Waals surface area (Å²) < 4.78 is 38.0. The van der Waals surface area contributed by atoms with Crippen LogP contribution in [0.3, 0.4) is 0 Å². The first kappa shape index (κ1) is 14.6. The van der Waals surface area contributed by atoms with Gasteiger partial charge < -0.3 is 10.0 Å². The molecule has 0 aliphatic heterocycles. The highest BCUT2D eigenvalue weighted by atomic mass is 19.4. The summed E-state index contributed by atoms with van der Waals surface area (Å²) in [6.45, 7) is -0.334. The van der Waals surface area contributed by atoms with Crippen LogP contribution in [0.2, 0.25) is 0 Å². The fraction of sp³-hybridized carbons (Fsp3) is 0.538. The van der Waals surface area contributed by atoms with Crippen LogP contribution in [-0.4, -0.2) is 28.6 Å². The summed E-state index contributed by atoms with van der Waals surface area (Å²) in [6, 6.07) is 3.52. The average Bonchev–Trinajstić information content (AvgIpc) is 2.88. The van der Waals surface area contributed by atoms with E-state index in [1.807, 2.05) is 0 Å². The van der Waals surface area contributed by atoms with Crippen molar-refractivity contribution in [3.63, 3.8) is 0 Å². The number of carbonyl (C=O) groups is 1. The van der Waals surface area contributed by atoms with Crippen LogP contribution >= 0.6 is 0 Å². The van der Waals surface area contributed by atoms with Crippen LogP contribution in [0.4, 0.5) is 19.0 Å². The highest BCUT2D eigenvalue weighted by Gasteiger charge is 2.34. The number of hydrogen-bond acceptors (Lipinski definition) is 3. The van der Waals surface area contributed by atoms with Gasteiger partial charge in [-0.25, -0.2) is 4.98 Å². The van der Waals surface area contributed by atoms with Gasteiger partial charge in [0.25, 0.3) is 0 Å². The van der Waals surface area contributed by atoms with E-state index in [0.29, 0.717) is 0 Å². The molecule has 1 heterocycles. The Kier molecular flexibility index (Phi) is 4.15. The van der Waals surface area contributed by atoms with Crippen LogP contribution in [0.25, 0.3) is 0 Å². The predicted octanol–water partition coefficient (Wildman–Crippen LogP) is 2.93. The molecule has 0 unspecified atom stereocenters. The third-order valence-electron chi connectivity index (χ3n) is 3.39. The van der Waals surface area contributed by atoms with Gasteiger partial charge in [0.05, 0.1) is 0 Å². The number of aliphatic carboxylic acids is 1. The molecule has 1 aliphatic rings. The van der Waals surface area contributed by atoms with Gasteiger partial charge in [0, 0.05) is 6.04 Å². The van der Waals surface area contributed by atoms with E-state index in [0.717, 1.165) is 31.7 Å². The van der Waals surface area contributed by atoms with E-state index in [1.165, 1.54) is 17.0 Å². The van der Waals surface area contributed by atoms with Crippen molar-refractivity contribution in [2.24, 2.45) is 0 Å². The Morgan fingerprint density at radius 1 is 1.35 bits per heavy atom. The van der Waals surface area contributed by atoms with Gasteiger partial charge in [-0.1, -0.05) is 18.9 Å². The molecule has 0 radical (unpaired) electrons. The largest absolute Gasteiger partial charge is 0.480 e. The molecule has 110 valence electrons. The van der Waals surface area contributed by atoms with Gasteiger partial charge in [0.15, 0.2) is 0 Å². The minimum atomic E-state index is -4.53. The number of rotatable bonds is 4. The van der Waals surface area contributed by atoms with Crippen LogP contribution in [0, 0.1) is 0 Å². The van der Waals surface area contributed by atoms with Crippen LogP contribution in [0.1, 0.15) is 31.4 Å². The van der Waals surface area contributed by atoms with E-state index in [9.17, 15) is 18.0 Å². The second-order valence-electron chi connectivity index (χ2n) is 4.84. The van der Waals surface area contributed by atoms with Crippen molar-refractivity contribution in [2.75, 3.05) is 11.4 Å². The van der Waals surface area contributed by atoms with E-state index < -0.39 is 17.8 Å². The molecule has 0 spiro atoms. The zero-order valence-electron chi connectivity index (χ0n) is 10.7. The predicted molar refractivity (Wildman–Crippen MR) is 66.5 cm³/mol.